The van der Waals surface area contributed by atoms with E-state index in [-0.39, 0.29) is 0 Å². The second-order valence-electron chi connectivity index (χ2n) is 5.12. The van der Waals surface area contributed by atoms with Crippen molar-refractivity contribution in [2.24, 2.45) is 0 Å². The fourth-order valence-corrected chi connectivity index (χ4v) is 2.67. The first-order valence-corrected chi connectivity index (χ1v) is 5.98. The summed E-state index contributed by atoms with van der Waals surface area (Å²) >= 11 is 0. The van der Waals surface area contributed by atoms with Crippen LogP contribution in [0.5, 0.6) is 0 Å². The van der Waals surface area contributed by atoms with Gasteiger partial charge in [0.25, 0.3) is 0 Å². The first-order valence-electron chi connectivity index (χ1n) is 5.98. The van der Waals surface area contributed by atoms with Crippen molar-refractivity contribution < 1.29 is 0 Å². The van der Waals surface area contributed by atoms with Gasteiger partial charge in [0.2, 0.25) is 0 Å². The Bertz CT molecular complexity index is 341. The van der Waals surface area contributed by atoms with Gasteiger partial charge in [-0.25, -0.2) is 0 Å². The van der Waals surface area contributed by atoms with Gasteiger partial charge in [0, 0.05) is 6.04 Å². The highest BCUT2D eigenvalue weighted by Gasteiger charge is 2.31. The lowest BCUT2D eigenvalue weighted by Crippen LogP contribution is -2.32. The van der Waals surface area contributed by atoms with E-state index in [1.54, 1.807) is 0 Å². The van der Waals surface area contributed by atoms with E-state index >= 15 is 0 Å². The molecule has 1 heteroatoms. The summed E-state index contributed by atoms with van der Waals surface area (Å²) < 4.78 is 0. The van der Waals surface area contributed by atoms with Crippen molar-refractivity contribution in [3.63, 3.8) is 0 Å². The lowest BCUT2D eigenvalue weighted by Gasteiger charge is -2.37. The second-order valence-corrected chi connectivity index (χ2v) is 5.12. The van der Waals surface area contributed by atoms with Crippen LogP contribution in [0.25, 0.3) is 0 Å². The van der Waals surface area contributed by atoms with E-state index in [0.29, 0.717) is 11.5 Å². The smallest absolute Gasteiger partial charge is 0.0323 e. The molecule has 1 aromatic carbocycles. The van der Waals surface area contributed by atoms with Crippen LogP contribution in [0.1, 0.15) is 50.8 Å². The van der Waals surface area contributed by atoms with Crippen LogP contribution < -0.4 is 5.32 Å². The van der Waals surface area contributed by atoms with Crippen LogP contribution in [-0.2, 0) is 5.41 Å². The quantitative estimate of drug-likeness (QED) is 0.776. The van der Waals surface area contributed by atoms with Crippen LogP contribution in [0, 0.1) is 0 Å². The molecule has 0 saturated heterocycles. The van der Waals surface area contributed by atoms with Gasteiger partial charge >= 0.3 is 0 Å². The molecule has 0 aliphatic heterocycles. The van der Waals surface area contributed by atoms with Gasteiger partial charge in [0.15, 0.2) is 0 Å². The molecule has 1 unspecified atom stereocenters. The molecule has 0 spiro atoms. The molecule has 0 aromatic heterocycles. The Morgan fingerprint density at radius 2 is 2.07 bits per heavy atom. The van der Waals surface area contributed by atoms with E-state index in [9.17, 15) is 0 Å². The van der Waals surface area contributed by atoms with Crippen LogP contribution in [0.15, 0.2) is 24.3 Å². The summed E-state index contributed by atoms with van der Waals surface area (Å²) in [5.41, 5.74) is 3.39. The average molecular weight is 203 g/mol. The lowest BCUT2D eigenvalue weighted by molar-refractivity contribution is 0.362. The lowest BCUT2D eigenvalue weighted by atomic mass is 9.71. The van der Waals surface area contributed by atoms with Gasteiger partial charge in [-0.15, -0.1) is 0 Å². The third-order valence-electron chi connectivity index (χ3n) is 3.57. The van der Waals surface area contributed by atoms with Crippen molar-refractivity contribution in [3.8, 4) is 0 Å². The minimum absolute atomic E-state index is 0.350. The van der Waals surface area contributed by atoms with E-state index in [1.165, 1.54) is 24.0 Å². The van der Waals surface area contributed by atoms with Gasteiger partial charge in [-0.2, -0.15) is 0 Å². The van der Waals surface area contributed by atoms with Gasteiger partial charge in [-0.3, -0.25) is 0 Å². The zero-order chi connectivity index (χ0) is 10.9. The summed E-state index contributed by atoms with van der Waals surface area (Å²) in [6.07, 6.45) is 2.54. The van der Waals surface area contributed by atoms with Crippen LogP contribution in [0.3, 0.4) is 0 Å². The minimum atomic E-state index is 0.350. The monoisotopic (exact) mass is 203 g/mol. The van der Waals surface area contributed by atoms with Gasteiger partial charge in [-0.05, 0) is 35.9 Å². The molecule has 0 radical (unpaired) electrons. The van der Waals surface area contributed by atoms with Crippen LogP contribution in [0.4, 0.5) is 0 Å². The van der Waals surface area contributed by atoms with Gasteiger partial charge in [-0.1, -0.05) is 45.0 Å². The molecule has 1 nitrogen and oxygen atoms in total. The Labute approximate surface area is 92.9 Å². The van der Waals surface area contributed by atoms with Crippen molar-refractivity contribution in [1.82, 2.24) is 5.32 Å². The number of hydrogen-bond acceptors (Lipinski definition) is 1. The summed E-state index contributed by atoms with van der Waals surface area (Å²) in [7, 11) is 0. The fourth-order valence-electron chi connectivity index (χ4n) is 2.67. The van der Waals surface area contributed by atoms with E-state index in [4.69, 9.17) is 0 Å². The van der Waals surface area contributed by atoms with Crippen LogP contribution >= 0.6 is 0 Å². The fraction of sp³-hybridized carbons (Fsp3) is 0.571. The predicted octanol–water partition coefficient (Wildman–Crippen LogP) is 3.41. The maximum Gasteiger partial charge on any atom is 0.0323 e. The van der Waals surface area contributed by atoms with E-state index in [1.807, 2.05) is 0 Å². The third-order valence-corrected chi connectivity index (χ3v) is 3.57. The summed E-state index contributed by atoms with van der Waals surface area (Å²) in [6, 6.07) is 9.46. The van der Waals surface area contributed by atoms with Crippen LogP contribution in [0.2, 0.25) is 0 Å². The van der Waals surface area contributed by atoms with Crippen molar-refractivity contribution in [2.45, 2.75) is 45.1 Å². The Kier molecular flexibility index (Phi) is 2.83. The Morgan fingerprint density at radius 1 is 1.33 bits per heavy atom. The minimum Gasteiger partial charge on any atom is -0.310 e. The van der Waals surface area contributed by atoms with E-state index < -0.39 is 0 Å². The summed E-state index contributed by atoms with van der Waals surface area (Å²) in [6.45, 7) is 7.95. The molecular weight excluding hydrogens is 182 g/mol. The van der Waals surface area contributed by atoms with Gasteiger partial charge in [0.1, 0.15) is 0 Å². The summed E-state index contributed by atoms with van der Waals surface area (Å²) in [4.78, 5) is 0. The molecule has 1 aliphatic carbocycles. The van der Waals surface area contributed by atoms with Gasteiger partial charge in [0.05, 0.1) is 0 Å². The maximum atomic E-state index is 3.58. The molecule has 1 atom stereocenters. The molecule has 0 heterocycles. The number of nitrogens with one attached hydrogen (secondary N) is 1. The number of rotatable bonds is 2. The van der Waals surface area contributed by atoms with Crippen molar-refractivity contribution in [3.05, 3.63) is 35.4 Å². The van der Waals surface area contributed by atoms with Gasteiger partial charge < -0.3 is 5.32 Å². The van der Waals surface area contributed by atoms with E-state index in [2.05, 4.69) is 50.4 Å². The average Bonchev–Trinajstić information content (AvgIpc) is 2.23. The maximum absolute atomic E-state index is 3.58. The molecule has 0 bridgehead atoms. The summed E-state index contributed by atoms with van der Waals surface area (Å²) in [5, 5.41) is 3.58. The highest BCUT2D eigenvalue weighted by atomic mass is 14.9. The normalized spacial score (nSPS) is 23.5. The number of hydrogen-bond donors (Lipinski definition) is 1. The SMILES string of the molecule is CCNC1CCC(C)(C)c2ccccc21. The zero-order valence-electron chi connectivity index (χ0n) is 10.0. The van der Waals surface area contributed by atoms with Crippen molar-refractivity contribution >= 4 is 0 Å². The number of benzene rings is 1. The summed E-state index contributed by atoms with van der Waals surface area (Å²) in [5.74, 6) is 0. The highest BCUT2D eigenvalue weighted by molar-refractivity contribution is 5.37. The molecular formula is C14H21N. The van der Waals surface area contributed by atoms with Crippen molar-refractivity contribution in [2.75, 3.05) is 6.54 Å². The first kappa shape index (κ1) is 10.7. The molecule has 1 N–H and O–H groups in total. The number of fused-ring (bicyclic) bond motifs is 1. The molecule has 0 saturated carbocycles. The topological polar surface area (TPSA) is 12.0 Å². The molecule has 2 rings (SSSR count). The third kappa shape index (κ3) is 1.93. The molecule has 15 heavy (non-hydrogen) atoms. The largest absolute Gasteiger partial charge is 0.310 e. The Morgan fingerprint density at radius 3 is 2.80 bits per heavy atom. The molecule has 0 fully saturated rings. The standard InChI is InChI=1S/C14H21N/c1-4-15-13-9-10-14(2,3)12-8-6-5-7-11(12)13/h5-8,13,15H,4,9-10H2,1-3H3. The predicted molar refractivity (Wildman–Crippen MR) is 65.1 cm³/mol. The zero-order valence-corrected chi connectivity index (χ0v) is 10.0. The Hall–Kier alpha value is -0.820. The first-order chi connectivity index (χ1) is 7.15. The van der Waals surface area contributed by atoms with Crippen LogP contribution in [-0.4, -0.2) is 6.54 Å². The molecule has 0 amide bonds. The molecule has 82 valence electrons. The van der Waals surface area contributed by atoms with Crippen molar-refractivity contribution in [1.29, 1.82) is 0 Å². The molecule has 1 aliphatic rings. The highest BCUT2D eigenvalue weighted by Crippen LogP contribution is 2.41. The molecule has 1 aromatic rings. The van der Waals surface area contributed by atoms with E-state index in [0.717, 1.165) is 6.54 Å². The Balaban J connectivity index is 2.39. The second kappa shape index (κ2) is 3.97.